The number of hydrogen-bond acceptors (Lipinski definition) is 2. The molecule has 3 rings (SSSR count). The fraction of sp³-hybridized carbons (Fsp3) is 0.250. The van der Waals surface area contributed by atoms with Gasteiger partial charge in [-0.3, -0.25) is 0 Å². The normalized spacial score (nSPS) is 16.4. The summed E-state index contributed by atoms with van der Waals surface area (Å²) in [6.07, 6.45) is 0.938. The Kier molecular flexibility index (Phi) is 3.53. The molecule has 1 unspecified atom stereocenters. The molecule has 0 bridgehead atoms. The molecule has 0 radical (unpaired) electrons. The lowest BCUT2D eigenvalue weighted by atomic mass is 9.84. The molecule has 0 amide bonds. The third-order valence-corrected chi connectivity index (χ3v) is 4.57. The van der Waals surface area contributed by atoms with Crippen molar-refractivity contribution in [2.45, 2.75) is 18.9 Å². The van der Waals surface area contributed by atoms with E-state index in [1.165, 1.54) is 5.56 Å². The van der Waals surface area contributed by atoms with Crippen molar-refractivity contribution in [3.8, 4) is 5.75 Å². The van der Waals surface area contributed by atoms with Gasteiger partial charge in [-0.15, -0.1) is 0 Å². The van der Waals surface area contributed by atoms with Crippen molar-refractivity contribution in [3.05, 3.63) is 62.6 Å². The SMILES string of the molecule is CC(N)(c1ccc(Br)cc1Cl)c1cccc2c1OCC2. The average molecular weight is 353 g/mol. The van der Waals surface area contributed by atoms with Gasteiger partial charge in [0, 0.05) is 21.5 Å². The molecule has 0 saturated carbocycles. The minimum atomic E-state index is -0.687. The standard InChI is InChI=1S/C16H15BrClNO/c1-16(19,12-6-5-11(17)9-14(12)18)13-4-2-3-10-7-8-20-15(10)13/h2-6,9H,7-8,19H2,1H3. The van der Waals surface area contributed by atoms with Crippen molar-refractivity contribution in [2.24, 2.45) is 5.73 Å². The molecular formula is C16H15BrClNO. The van der Waals surface area contributed by atoms with Crippen LogP contribution in [0.2, 0.25) is 5.02 Å². The second-order valence-electron chi connectivity index (χ2n) is 5.22. The van der Waals surface area contributed by atoms with Crippen LogP contribution in [0.5, 0.6) is 5.75 Å². The lowest BCUT2D eigenvalue weighted by molar-refractivity contribution is 0.347. The van der Waals surface area contributed by atoms with Crippen LogP contribution < -0.4 is 10.5 Å². The first kappa shape index (κ1) is 13.9. The topological polar surface area (TPSA) is 35.2 Å². The molecule has 0 aromatic heterocycles. The van der Waals surface area contributed by atoms with Gasteiger partial charge in [0.05, 0.1) is 12.1 Å². The number of rotatable bonds is 2. The Labute approximate surface area is 132 Å². The second kappa shape index (κ2) is 5.06. The number of para-hydroxylation sites is 1. The van der Waals surface area contributed by atoms with Crippen LogP contribution in [0.4, 0.5) is 0 Å². The molecule has 1 atom stereocenters. The minimum Gasteiger partial charge on any atom is -0.493 e. The Balaban J connectivity index is 2.15. The predicted molar refractivity (Wildman–Crippen MR) is 85.4 cm³/mol. The summed E-state index contributed by atoms with van der Waals surface area (Å²) in [6, 6.07) is 11.9. The van der Waals surface area contributed by atoms with Crippen molar-refractivity contribution in [1.29, 1.82) is 0 Å². The van der Waals surface area contributed by atoms with Crippen LogP contribution >= 0.6 is 27.5 Å². The highest BCUT2D eigenvalue weighted by molar-refractivity contribution is 9.10. The number of hydrogen-bond donors (Lipinski definition) is 1. The Morgan fingerprint density at radius 1 is 1.25 bits per heavy atom. The smallest absolute Gasteiger partial charge is 0.128 e. The molecule has 2 aromatic rings. The second-order valence-corrected chi connectivity index (χ2v) is 6.54. The molecule has 0 aliphatic carbocycles. The third kappa shape index (κ3) is 2.24. The molecule has 104 valence electrons. The van der Waals surface area contributed by atoms with E-state index in [2.05, 4.69) is 22.0 Å². The Bertz CT molecular complexity index is 670. The highest BCUT2D eigenvalue weighted by atomic mass is 79.9. The number of benzene rings is 2. The molecular weight excluding hydrogens is 338 g/mol. The molecule has 2 aromatic carbocycles. The fourth-order valence-electron chi connectivity index (χ4n) is 2.68. The molecule has 1 aliphatic heterocycles. The van der Waals surface area contributed by atoms with E-state index in [0.717, 1.165) is 34.4 Å². The van der Waals surface area contributed by atoms with Gasteiger partial charge < -0.3 is 10.5 Å². The molecule has 20 heavy (non-hydrogen) atoms. The largest absolute Gasteiger partial charge is 0.493 e. The maximum absolute atomic E-state index is 6.60. The Morgan fingerprint density at radius 2 is 2.05 bits per heavy atom. The van der Waals surface area contributed by atoms with Gasteiger partial charge in [-0.2, -0.15) is 0 Å². The van der Waals surface area contributed by atoms with E-state index in [4.69, 9.17) is 22.1 Å². The summed E-state index contributed by atoms with van der Waals surface area (Å²) in [5.74, 6) is 0.913. The van der Waals surface area contributed by atoms with Crippen LogP contribution in [-0.4, -0.2) is 6.61 Å². The van der Waals surface area contributed by atoms with Crippen molar-refractivity contribution < 1.29 is 4.74 Å². The van der Waals surface area contributed by atoms with Crippen molar-refractivity contribution in [3.63, 3.8) is 0 Å². The quantitative estimate of drug-likeness (QED) is 0.876. The zero-order valence-electron chi connectivity index (χ0n) is 11.1. The van der Waals surface area contributed by atoms with Gasteiger partial charge in [0.1, 0.15) is 5.75 Å². The van der Waals surface area contributed by atoms with E-state index in [9.17, 15) is 0 Å². The summed E-state index contributed by atoms with van der Waals surface area (Å²) < 4.78 is 6.71. The van der Waals surface area contributed by atoms with Crippen LogP contribution in [0.3, 0.4) is 0 Å². The van der Waals surface area contributed by atoms with Crippen molar-refractivity contribution >= 4 is 27.5 Å². The number of halogens is 2. The summed E-state index contributed by atoms with van der Waals surface area (Å²) >= 11 is 9.78. The summed E-state index contributed by atoms with van der Waals surface area (Å²) in [6.45, 7) is 2.69. The van der Waals surface area contributed by atoms with Crippen LogP contribution in [0.15, 0.2) is 40.9 Å². The first-order valence-corrected chi connectivity index (χ1v) is 7.67. The van der Waals surface area contributed by atoms with Gasteiger partial charge in [-0.05, 0) is 30.2 Å². The van der Waals surface area contributed by atoms with E-state index < -0.39 is 5.54 Å². The van der Waals surface area contributed by atoms with Gasteiger partial charge in [-0.25, -0.2) is 0 Å². The highest BCUT2D eigenvalue weighted by Gasteiger charge is 2.31. The lowest BCUT2D eigenvalue weighted by Gasteiger charge is -2.28. The molecule has 0 saturated heterocycles. The van der Waals surface area contributed by atoms with E-state index in [1.54, 1.807) is 0 Å². The van der Waals surface area contributed by atoms with Gasteiger partial charge in [-0.1, -0.05) is 51.8 Å². The van der Waals surface area contributed by atoms with Crippen LogP contribution in [0, 0.1) is 0 Å². The summed E-state index contributed by atoms with van der Waals surface area (Å²) in [4.78, 5) is 0. The van der Waals surface area contributed by atoms with E-state index in [0.29, 0.717) is 5.02 Å². The molecule has 1 aliphatic rings. The zero-order valence-corrected chi connectivity index (χ0v) is 13.5. The first-order valence-electron chi connectivity index (χ1n) is 6.50. The summed E-state index contributed by atoms with van der Waals surface area (Å²) in [5, 5.41) is 0.653. The zero-order chi connectivity index (χ0) is 14.3. The van der Waals surface area contributed by atoms with Crippen LogP contribution in [-0.2, 0) is 12.0 Å². The highest BCUT2D eigenvalue weighted by Crippen LogP contribution is 2.40. The van der Waals surface area contributed by atoms with Crippen LogP contribution in [0.1, 0.15) is 23.6 Å². The maximum atomic E-state index is 6.60. The number of nitrogens with two attached hydrogens (primary N) is 1. The van der Waals surface area contributed by atoms with Crippen molar-refractivity contribution in [1.82, 2.24) is 0 Å². The maximum Gasteiger partial charge on any atom is 0.128 e. The number of ether oxygens (including phenoxy) is 1. The average Bonchev–Trinajstić information content (AvgIpc) is 2.85. The Hall–Kier alpha value is -1.03. The molecule has 0 fully saturated rings. The van der Waals surface area contributed by atoms with Gasteiger partial charge in [0.25, 0.3) is 0 Å². The lowest BCUT2D eigenvalue weighted by Crippen LogP contribution is -2.35. The Morgan fingerprint density at radius 3 is 2.80 bits per heavy atom. The third-order valence-electron chi connectivity index (χ3n) is 3.76. The molecule has 4 heteroatoms. The monoisotopic (exact) mass is 351 g/mol. The fourth-order valence-corrected chi connectivity index (χ4v) is 3.55. The molecule has 2 nitrogen and oxygen atoms in total. The van der Waals surface area contributed by atoms with Gasteiger partial charge in [0.2, 0.25) is 0 Å². The van der Waals surface area contributed by atoms with Crippen molar-refractivity contribution in [2.75, 3.05) is 6.61 Å². The summed E-state index contributed by atoms with van der Waals surface area (Å²) in [5.41, 5.74) is 9.01. The molecule has 2 N–H and O–H groups in total. The minimum absolute atomic E-state index is 0.653. The van der Waals surface area contributed by atoms with E-state index >= 15 is 0 Å². The first-order chi connectivity index (χ1) is 9.50. The van der Waals surface area contributed by atoms with E-state index in [-0.39, 0.29) is 0 Å². The van der Waals surface area contributed by atoms with Crippen LogP contribution in [0.25, 0.3) is 0 Å². The predicted octanol–water partition coefficient (Wildman–Crippen LogP) is 4.26. The van der Waals surface area contributed by atoms with Gasteiger partial charge >= 0.3 is 0 Å². The summed E-state index contributed by atoms with van der Waals surface area (Å²) in [7, 11) is 0. The van der Waals surface area contributed by atoms with E-state index in [1.807, 2.05) is 37.3 Å². The number of fused-ring (bicyclic) bond motifs is 1. The van der Waals surface area contributed by atoms with Gasteiger partial charge in [0.15, 0.2) is 0 Å². The molecule has 1 heterocycles. The molecule has 0 spiro atoms.